The van der Waals surface area contributed by atoms with Gasteiger partial charge >= 0.3 is 6.03 Å². The second-order valence-corrected chi connectivity index (χ2v) is 7.37. The molecule has 0 atom stereocenters. The number of benzene rings is 2. The maximum atomic E-state index is 13.5. The molecule has 31 heavy (non-hydrogen) atoms. The number of hydrogen-bond acceptors (Lipinski definition) is 4. The number of carbonyl (C=O) groups excluding carboxylic acids is 2. The minimum Gasteiger partial charge on any atom is -0.366 e. The summed E-state index contributed by atoms with van der Waals surface area (Å²) in [5.74, 6) is 0.00149. The van der Waals surface area contributed by atoms with Crippen molar-refractivity contribution in [3.63, 3.8) is 0 Å². The number of pyridine rings is 2. The maximum absolute atomic E-state index is 13.5. The van der Waals surface area contributed by atoms with Crippen molar-refractivity contribution in [2.75, 3.05) is 4.90 Å². The lowest BCUT2D eigenvalue weighted by molar-refractivity contribution is 0.1000. The zero-order valence-electron chi connectivity index (χ0n) is 16.6. The first-order valence-corrected chi connectivity index (χ1v) is 9.87. The Kier molecular flexibility index (Phi) is 4.55. The van der Waals surface area contributed by atoms with E-state index in [4.69, 9.17) is 10.7 Å². The number of rotatable bonds is 4. The molecule has 7 heteroatoms. The number of carbonyl (C=O) groups is 2. The number of urea groups is 1. The molecular weight excluding hydrogens is 390 g/mol. The SMILES string of the molecule is NC(=O)c1cccc(N2C(=O)N(Cc3ccc4ccccc4n3)Cc3cccnc32)c1. The first-order valence-electron chi connectivity index (χ1n) is 9.87. The molecule has 0 saturated heterocycles. The second-order valence-electron chi connectivity index (χ2n) is 7.37. The van der Waals surface area contributed by atoms with E-state index in [2.05, 4.69) is 4.98 Å². The molecule has 0 bridgehead atoms. The Hall–Kier alpha value is -4.26. The van der Waals surface area contributed by atoms with Crippen LogP contribution in [0.5, 0.6) is 0 Å². The lowest BCUT2D eigenvalue weighted by Crippen LogP contribution is -2.44. The van der Waals surface area contributed by atoms with Gasteiger partial charge in [0.25, 0.3) is 0 Å². The first-order chi connectivity index (χ1) is 15.1. The molecule has 2 aromatic carbocycles. The van der Waals surface area contributed by atoms with Crippen LogP contribution in [0.1, 0.15) is 21.6 Å². The molecule has 3 amide bonds. The van der Waals surface area contributed by atoms with E-state index in [9.17, 15) is 9.59 Å². The number of nitrogens with two attached hydrogens (primary N) is 1. The lowest BCUT2D eigenvalue weighted by Gasteiger charge is -2.36. The van der Waals surface area contributed by atoms with E-state index in [1.165, 1.54) is 4.90 Å². The summed E-state index contributed by atoms with van der Waals surface area (Å²) in [4.78, 5) is 37.5. The Bertz CT molecular complexity index is 1320. The minimum absolute atomic E-state index is 0.234. The molecule has 2 N–H and O–H groups in total. The highest BCUT2D eigenvalue weighted by atomic mass is 16.2. The Balaban J connectivity index is 1.53. The van der Waals surface area contributed by atoms with Crippen LogP contribution in [0.25, 0.3) is 10.9 Å². The summed E-state index contributed by atoms with van der Waals surface area (Å²) in [6, 6.07) is 22.1. The van der Waals surface area contributed by atoms with Crippen LogP contribution in [0.3, 0.4) is 0 Å². The Morgan fingerprint density at radius 1 is 1.00 bits per heavy atom. The van der Waals surface area contributed by atoms with Gasteiger partial charge < -0.3 is 10.6 Å². The number of amides is 3. The van der Waals surface area contributed by atoms with Crippen molar-refractivity contribution in [3.8, 4) is 0 Å². The van der Waals surface area contributed by atoms with E-state index in [1.54, 1.807) is 35.4 Å². The molecule has 0 unspecified atom stereocenters. The summed E-state index contributed by atoms with van der Waals surface area (Å²) < 4.78 is 0. The van der Waals surface area contributed by atoms with Gasteiger partial charge in [0, 0.05) is 22.7 Å². The molecular formula is C24H19N5O2. The molecule has 0 saturated carbocycles. The second kappa shape index (κ2) is 7.53. The van der Waals surface area contributed by atoms with Gasteiger partial charge in [-0.1, -0.05) is 36.4 Å². The van der Waals surface area contributed by atoms with E-state index >= 15 is 0 Å². The summed E-state index contributed by atoms with van der Waals surface area (Å²) >= 11 is 0. The highest BCUT2D eigenvalue weighted by Crippen LogP contribution is 2.34. The predicted molar refractivity (Wildman–Crippen MR) is 118 cm³/mol. The van der Waals surface area contributed by atoms with Crippen LogP contribution in [0, 0.1) is 0 Å². The fourth-order valence-corrected chi connectivity index (χ4v) is 3.81. The monoisotopic (exact) mass is 409 g/mol. The largest absolute Gasteiger partial charge is 0.366 e. The molecule has 0 radical (unpaired) electrons. The Labute approximate surface area is 178 Å². The van der Waals surface area contributed by atoms with Crippen LogP contribution in [0.15, 0.2) is 79.0 Å². The molecule has 0 spiro atoms. The molecule has 4 aromatic rings. The molecule has 7 nitrogen and oxygen atoms in total. The van der Waals surface area contributed by atoms with Crippen molar-refractivity contribution < 1.29 is 9.59 Å². The van der Waals surface area contributed by atoms with Gasteiger partial charge in [-0.3, -0.25) is 9.78 Å². The van der Waals surface area contributed by atoms with E-state index in [0.29, 0.717) is 30.2 Å². The van der Waals surface area contributed by atoms with Crippen LogP contribution in [-0.4, -0.2) is 26.8 Å². The minimum atomic E-state index is -0.551. The average molecular weight is 409 g/mol. The summed E-state index contributed by atoms with van der Waals surface area (Å²) in [6.45, 7) is 0.770. The maximum Gasteiger partial charge on any atom is 0.330 e. The standard InChI is InChI=1S/C24H19N5O2/c25-22(30)17-6-3-8-20(13-17)29-23-18(7-4-12-26-23)14-28(24(29)31)15-19-11-10-16-5-1-2-9-21(16)27-19/h1-13H,14-15H2,(H2,25,30). The molecule has 1 aliphatic heterocycles. The van der Waals surface area contributed by atoms with Gasteiger partial charge in [-0.05, 0) is 36.4 Å². The predicted octanol–water partition coefficient (Wildman–Crippen LogP) is 4.00. The van der Waals surface area contributed by atoms with Crippen molar-refractivity contribution in [2.45, 2.75) is 13.1 Å². The van der Waals surface area contributed by atoms with E-state index in [1.807, 2.05) is 48.5 Å². The van der Waals surface area contributed by atoms with Gasteiger partial charge in [0.05, 0.1) is 30.0 Å². The fourth-order valence-electron chi connectivity index (χ4n) is 3.81. The van der Waals surface area contributed by atoms with Crippen molar-refractivity contribution >= 4 is 34.3 Å². The molecule has 152 valence electrons. The van der Waals surface area contributed by atoms with Crippen LogP contribution < -0.4 is 10.6 Å². The van der Waals surface area contributed by atoms with E-state index < -0.39 is 5.91 Å². The van der Waals surface area contributed by atoms with Gasteiger partial charge in [0.1, 0.15) is 5.82 Å². The summed E-state index contributed by atoms with van der Waals surface area (Å²) in [5.41, 5.74) is 8.90. The Morgan fingerprint density at radius 2 is 1.87 bits per heavy atom. The topological polar surface area (TPSA) is 92.4 Å². The van der Waals surface area contributed by atoms with Crippen molar-refractivity contribution in [1.82, 2.24) is 14.9 Å². The molecule has 0 aliphatic carbocycles. The van der Waals surface area contributed by atoms with Gasteiger partial charge in [-0.15, -0.1) is 0 Å². The van der Waals surface area contributed by atoms with Crippen LogP contribution in [0.4, 0.5) is 16.3 Å². The smallest absolute Gasteiger partial charge is 0.330 e. The average Bonchev–Trinajstić information content (AvgIpc) is 2.79. The van der Waals surface area contributed by atoms with Crippen molar-refractivity contribution in [2.24, 2.45) is 5.73 Å². The summed E-state index contributed by atoms with van der Waals surface area (Å²) in [6.07, 6.45) is 1.65. The Morgan fingerprint density at radius 3 is 2.74 bits per heavy atom. The number of primary amides is 1. The highest BCUT2D eigenvalue weighted by Gasteiger charge is 2.33. The quantitative estimate of drug-likeness (QED) is 0.551. The number of para-hydroxylation sites is 1. The molecule has 0 fully saturated rings. The third kappa shape index (κ3) is 3.46. The number of hydrogen-bond donors (Lipinski definition) is 1. The zero-order valence-corrected chi connectivity index (χ0v) is 16.6. The third-order valence-corrected chi connectivity index (χ3v) is 5.30. The van der Waals surface area contributed by atoms with E-state index in [0.717, 1.165) is 22.2 Å². The fraction of sp³-hybridized carbons (Fsp3) is 0.0833. The lowest BCUT2D eigenvalue weighted by atomic mass is 10.1. The highest BCUT2D eigenvalue weighted by molar-refractivity contribution is 6.02. The van der Waals surface area contributed by atoms with Gasteiger partial charge in [0.15, 0.2) is 0 Å². The van der Waals surface area contributed by atoms with Gasteiger partial charge in [-0.2, -0.15) is 0 Å². The normalized spacial score (nSPS) is 13.4. The number of anilines is 2. The van der Waals surface area contributed by atoms with Crippen LogP contribution in [0.2, 0.25) is 0 Å². The zero-order chi connectivity index (χ0) is 21.4. The third-order valence-electron chi connectivity index (χ3n) is 5.30. The van der Waals surface area contributed by atoms with Gasteiger partial charge in [-0.25, -0.2) is 14.7 Å². The number of aromatic nitrogens is 2. The number of fused-ring (bicyclic) bond motifs is 2. The van der Waals surface area contributed by atoms with E-state index in [-0.39, 0.29) is 6.03 Å². The number of nitrogens with zero attached hydrogens (tertiary/aromatic N) is 4. The molecule has 3 heterocycles. The summed E-state index contributed by atoms with van der Waals surface area (Å²) in [7, 11) is 0. The molecule has 2 aromatic heterocycles. The first kappa shape index (κ1) is 18.7. The molecule has 1 aliphatic rings. The van der Waals surface area contributed by atoms with Crippen LogP contribution >= 0.6 is 0 Å². The van der Waals surface area contributed by atoms with Crippen LogP contribution in [-0.2, 0) is 13.1 Å². The molecule has 5 rings (SSSR count). The van der Waals surface area contributed by atoms with Gasteiger partial charge in [0.2, 0.25) is 5.91 Å². The van der Waals surface area contributed by atoms with Crippen molar-refractivity contribution in [3.05, 3.63) is 95.8 Å². The van der Waals surface area contributed by atoms with Crippen molar-refractivity contribution in [1.29, 1.82) is 0 Å². The summed E-state index contributed by atoms with van der Waals surface area (Å²) in [5, 5.41) is 1.05.